The van der Waals surface area contributed by atoms with Gasteiger partial charge in [0.05, 0.1) is 22.8 Å². The number of likely N-dealkylation sites (N-methyl/N-ethyl adjacent to an activating group) is 1. The largest absolute Gasteiger partial charge is 0.490 e. The van der Waals surface area contributed by atoms with E-state index in [1.807, 2.05) is 31.9 Å². The van der Waals surface area contributed by atoms with Crippen LogP contribution in [0.25, 0.3) is 0 Å². The predicted molar refractivity (Wildman–Crippen MR) is 139 cm³/mol. The lowest BCUT2D eigenvalue weighted by atomic mass is 10.1. The maximum atomic E-state index is 13.9. The van der Waals surface area contributed by atoms with Gasteiger partial charge in [0.1, 0.15) is 25.2 Å². The highest BCUT2D eigenvalue weighted by Gasteiger charge is 2.30. The fourth-order valence-electron chi connectivity index (χ4n) is 4.09. The first-order chi connectivity index (χ1) is 17.2. The number of hydrogen-bond donors (Lipinski definition) is 1. The van der Waals surface area contributed by atoms with Gasteiger partial charge >= 0.3 is 0 Å². The molecule has 3 aromatic carbocycles. The molecule has 0 radical (unpaired) electrons. The number of rotatable bonds is 8. The molecule has 0 spiro atoms. The van der Waals surface area contributed by atoms with Crippen LogP contribution >= 0.6 is 0 Å². The molecule has 1 aliphatic rings. The van der Waals surface area contributed by atoms with Crippen molar-refractivity contribution in [2.75, 3.05) is 35.9 Å². The van der Waals surface area contributed by atoms with Crippen LogP contribution in [-0.2, 0) is 21.4 Å². The van der Waals surface area contributed by atoms with Crippen molar-refractivity contribution in [2.24, 2.45) is 0 Å². The summed E-state index contributed by atoms with van der Waals surface area (Å²) in [5.41, 5.74) is 4.17. The van der Waals surface area contributed by atoms with Crippen molar-refractivity contribution in [1.29, 1.82) is 0 Å². The lowest BCUT2D eigenvalue weighted by molar-refractivity contribution is -0.119. The van der Waals surface area contributed by atoms with Gasteiger partial charge in [-0.2, -0.15) is 0 Å². The van der Waals surface area contributed by atoms with Crippen molar-refractivity contribution in [3.05, 3.63) is 82.9 Å². The van der Waals surface area contributed by atoms with Gasteiger partial charge in [-0.1, -0.05) is 30.3 Å². The van der Waals surface area contributed by atoms with Crippen LogP contribution < -0.4 is 19.3 Å². The van der Waals surface area contributed by atoms with E-state index >= 15 is 0 Å². The maximum absolute atomic E-state index is 13.9. The number of nitrogens with one attached hydrogen (secondary N) is 1. The number of aryl methyl sites for hydroxylation is 1. The number of carbonyl (C=O) groups is 2. The van der Waals surface area contributed by atoms with Gasteiger partial charge in [0, 0.05) is 25.2 Å². The average Bonchev–Trinajstić information content (AvgIpc) is 2.88. The lowest BCUT2D eigenvalue weighted by Crippen LogP contribution is -2.41. The van der Waals surface area contributed by atoms with Crippen molar-refractivity contribution in [3.8, 4) is 5.75 Å². The van der Waals surface area contributed by atoms with Gasteiger partial charge in [0.15, 0.2) is 0 Å². The Hall–Kier alpha value is -3.85. The normalized spacial score (nSPS) is 12.9. The second-order valence-electron chi connectivity index (χ2n) is 8.77. The van der Waals surface area contributed by atoms with Crippen LogP contribution in [0, 0.1) is 13.8 Å². The van der Waals surface area contributed by atoms with Gasteiger partial charge in [0.25, 0.3) is 10.0 Å². The third-order valence-electron chi connectivity index (χ3n) is 6.32. The van der Waals surface area contributed by atoms with Crippen LogP contribution in [0.1, 0.15) is 27.0 Å². The fraction of sp³-hybridized carbons (Fsp3) is 0.259. The SMILES string of the molecule is Cc1cccc(N(CC(=O)NCc2cccc(C=O)c2)S(=O)(=O)c2ccc3c(c2)OCCN3C)c1C. The Morgan fingerprint density at radius 3 is 2.67 bits per heavy atom. The summed E-state index contributed by atoms with van der Waals surface area (Å²) in [6.45, 7) is 4.66. The molecule has 0 bridgehead atoms. The first-order valence-corrected chi connectivity index (χ1v) is 13.0. The predicted octanol–water partition coefficient (Wildman–Crippen LogP) is 3.46. The molecule has 0 saturated carbocycles. The summed E-state index contributed by atoms with van der Waals surface area (Å²) >= 11 is 0. The minimum atomic E-state index is -4.11. The van der Waals surface area contributed by atoms with Gasteiger partial charge in [-0.05, 0) is 54.8 Å². The van der Waals surface area contributed by atoms with Crippen molar-refractivity contribution in [2.45, 2.75) is 25.3 Å². The van der Waals surface area contributed by atoms with E-state index in [9.17, 15) is 18.0 Å². The number of sulfonamides is 1. The van der Waals surface area contributed by atoms with Gasteiger partial charge in [0.2, 0.25) is 5.91 Å². The summed E-state index contributed by atoms with van der Waals surface area (Å²) in [4.78, 5) is 26.1. The van der Waals surface area contributed by atoms with Gasteiger partial charge in [-0.25, -0.2) is 8.42 Å². The lowest BCUT2D eigenvalue weighted by Gasteiger charge is -2.29. The number of ether oxygens (including phenoxy) is 1. The summed E-state index contributed by atoms with van der Waals surface area (Å²) < 4.78 is 34.6. The topological polar surface area (TPSA) is 96.0 Å². The van der Waals surface area contributed by atoms with Crippen molar-refractivity contribution >= 4 is 33.6 Å². The number of benzene rings is 3. The summed E-state index contributed by atoms with van der Waals surface area (Å²) in [5, 5.41) is 2.77. The van der Waals surface area contributed by atoms with Crippen molar-refractivity contribution < 1.29 is 22.7 Å². The molecule has 1 aliphatic heterocycles. The van der Waals surface area contributed by atoms with Crippen LogP contribution in [0.15, 0.2) is 65.6 Å². The number of amides is 1. The number of nitrogens with zero attached hydrogens (tertiary/aromatic N) is 2. The Bertz CT molecular complexity index is 1400. The van der Waals surface area contributed by atoms with E-state index in [4.69, 9.17) is 4.74 Å². The Morgan fingerprint density at radius 1 is 1.11 bits per heavy atom. The minimum Gasteiger partial charge on any atom is -0.490 e. The first kappa shape index (κ1) is 25.2. The molecule has 0 atom stereocenters. The molecule has 0 aliphatic carbocycles. The average molecular weight is 508 g/mol. The smallest absolute Gasteiger partial charge is 0.264 e. The third-order valence-corrected chi connectivity index (χ3v) is 8.08. The number of hydrogen-bond acceptors (Lipinski definition) is 6. The van der Waals surface area contributed by atoms with Gasteiger partial charge in [-0.3, -0.25) is 13.9 Å². The molecule has 0 aromatic heterocycles. The second-order valence-corrected chi connectivity index (χ2v) is 10.6. The van der Waals surface area contributed by atoms with E-state index in [1.54, 1.807) is 48.5 Å². The molecule has 4 rings (SSSR count). The Morgan fingerprint density at radius 2 is 1.89 bits per heavy atom. The molecule has 3 aromatic rings. The monoisotopic (exact) mass is 507 g/mol. The molecular weight excluding hydrogens is 478 g/mol. The van der Waals surface area contributed by atoms with Gasteiger partial charge in [-0.15, -0.1) is 0 Å². The van der Waals surface area contributed by atoms with E-state index < -0.39 is 22.5 Å². The summed E-state index contributed by atoms with van der Waals surface area (Å²) in [6, 6.07) is 17.0. The van der Waals surface area contributed by atoms with E-state index in [0.717, 1.165) is 33.0 Å². The molecule has 0 fully saturated rings. The van der Waals surface area contributed by atoms with E-state index in [1.165, 1.54) is 6.07 Å². The highest BCUT2D eigenvalue weighted by Crippen LogP contribution is 2.35. The summed E-state index contributed by atoms with van der Waals surface area (Å²) in [7, 11) is -2.18. The van der Waals surface area contributed by atoms with Crippen LogP contribution in [-0.4, -0.2) is 47.4 Å². The van der Waals surface area contributed by atoms with Crippen LogP contribution in [0.3, 0.4) is 0 Å². The van der Waals surface area contributed by atoms with Crippen LogP contribution in [0.2, 0.25) is 0 Å². The van der Waals surface area contributed by atoms with Crippen LogP contribution in [0.4, 0.5) is 11.4 Å². The van der Waals surface area contributed by atoms with Crippen LogP contribution in [0.5, 0.6) is 5.75 Å². The highest BCUT2D eigenvalue weighted by atomic mass is 32.2. The Labute approximate surface area is 211 Å². The van der Waals surface area contributed by atoms with Gasteiger partial charge < -0.3 is 15.0 Å². The molecule has 0 unspecified atom stereocenters. The molecule has 0 saturated heterocycles. The number of fused-ring (bicyclic) bond motifs is 1. The van der Waals surface area contributed by atoms with E-state index in [0.29, 0.717) is 30.2 Å². The molecular formula is C27H29N3O5S. The number of carbonyl (C=O) groups excluding carboxylic acids is 2. The molecule has 1 amide bonds. The highest BCUT2D eigenvalue weighted by molar-refractivity contribution is 7.92. The number of aldehydes is 1. The summed E-state index contributed by atoms with van der Waals surface area (Å²) in [6.07, 6.45) is 0.736. The molecule has 36 heavy (non-hydrogen) atoms. The van der Waals surface area contributed by atoms with Crippen molar-refractivity contribution in [3.63, 3.8) is 0 Å². The summed E-state index contributed by atoms with van der Waals surface area (Å²) in [5.74, 6) is 0.0233. The third kappa shape index (κ3) is 5.21. The maximum Gasteiger partial charge on any atom is 0.264 e. The second kappa shape index (κ2) is 10.4. The first-order valence-electron chi connectivity index (χ1n) is 11.6. The molecule has 1 heterocycles. The standard InChI is InChI=1S/C27H29N3O5S/c1-19-6-4-9-24(20(19)2)30(17-27(32)28-16-21-7-5-8-22(14-21)18-31)36(33,34)23-10-11-25-26(15-23)35-13-12-29(25)3/h4-11,14-15,18H,12-13,16-17H2,1-3H3,(H,28,32). The molecule has 188 valence electrons. The Kier molecular flexibility index (Phi) is 7.30. The molecule has 9 heteroatoms. The zero-order valence-corrected chi connectivity index (χ0v) is 21.3. The van der Waals surface area contributed by atoms with Crippen molar-refractivity contribution in [1.82, 2.24) is 5.32 Å². The minimum absolute atomic E-state index is 0.0453. The fourth-order valence-corrected chi connectivity index (χ4v) is 5.59. The zero-order chi connectivity index (χ0) is 25.9. The number of anilines is 2. The van der Waals surface area contributed by atoms with E-state index in [-0.39, 0.29) is 11.4 Å². The zero-order valence-electron chi connectivity index (χ0n) is 20.5. The Balaban J connectivity index is 1.65. The molecule has 8 nitrogen and oxygen atoms in total. The van der Waals surface area contributed by atoms with E-state index in [2.05, 4.69) is 5.32 Å². The quantitative estimate of drug-likeness (QED) is 0.469. The molecule has 1 N–H and O–H groups in total.